The minimum Gasteiger partial charge on any atom is -0.359 e. The van der Waals surface area contributed by atoms with Crippen molar-refractivity contribution in [3.63, 3.8) is 0 Å². The standard InChI is InChI=1S/C31H29N5O3/c1-18-13-19(2)29-25(14-18)26(16-27(34-29)23-7-6-12-32-17-23)30(37)33-24-10-8-22(9-11-24)31(38)36(5)21(4)28-15-20(3)35-39-28/h6-17,21H,1-5H3,(H,33,37). The third kappa shape index (κ3) is 5.27. The number of aromatic nitrogens is 3. The van der Waals surface area contributed by atoms with Crippen LogP contribution >= 0.6 is 0 Å². The Morgan fingerprint density at radius 2 is 1.77 bits per heavy atom. The highest BCUT2D eigenvalue weighted by atomic mass is 16.5. The Balaban J connectivity index is 1.41. The minimum atomic E-state index is -0.279. The number of carbonyl (C=O) groups is 2. The summed E-state index contributed by atoms with van der Waals surface area (Å²) in [6.45, 7) is 7.72. The molecular weight excluding hydrogens is 490 g/mol. The number of amides is 2. The average Bonchev–Trinajstić information content (AvgIpc) is 3.38. The SMILES string of the molecule is Cc1cc(C)c2nc(-c3cccnc3)cc(C(=O)Nc3ccc(C(=O)N(C)C(C)c4cc(C)no4)cc3)c2c1. The van der Waals surface area contributed by atoms with Crippen LogP contribution in [0.2, 0.25) is 0 Å². The highest BCUT2D eigenvalue weighted by molar-refractivity contribution is 6.13. The summed E-state index contributed by atoms with van der Waals surface area (Å²) in [7, 11) is 1.72. The first kappa shape index (κ1) is 25.8. The molecule has 3 aromatic heterocycles. The van der Waals surface area contributed by atoms with Crippen molar-refractivity contribution in [3.05, 3.63) is 107 Å². The van der Waals surface area contributed by atoms with Gasteiger partial charge in [0.2, 0.25) is 0 Å². The number of hydrogen-bond donors (Lipinski definition) is 1. The molecule has 0 aliphatic carbocycles. The third-order valence-corrected chi connectivity index (χ3v) is 6.80. The van der Waals surface area contributed by atoms with Crippen molar-refractivity contribution >= 4 is 28.4 Å². The van der Waals surface area contributed by atoms with Crippen molar-refractivity contribution in [2.24, 2.45) is 0 Å². The van der Waals surface area contributed by atoms with E-state index in [-0.39, 0.29) is 17.9 Å². The quantitative estimate of drug-likeness (QED) is 0.283. The molecule has 0 saturated carbocycles. The molecule has 0 aliphatic heterocycles. The topological polar surface area (TPSA) is 101 Å². The fraction of sp³-hybridized carbons (Fsp3) is 0.194. The summed E-state index contributed by atoms with van der Waals surface area (Å²) in [6.07, 6.45) is 3.44. The zero-order valence-corrected chi connectivity index (χ0v) is 22.5. The maximum absolute atomic E-state index is 13.6. The van der Waals surface area contributed by atoms with Crippen LogP contribution < -0.4 is 5.32 Å². The van der Waals surface area contributed by atoms with Crippen LogP contribution in [-0.4, -0.2) is 38.9 Å². The molecule has 0 bridgehead atoms. The molecule has 39 heavy (non-hydrogen) atoms. The molecule has 3 heterocycles. The number of hydrogen-bond acceptors (Lipinski definition) is 6. The van der Waals surface area contributed by atoms with Crippen molar-refractivity contribution in [3.8, 4) is 11.3 Å². The van der Waals surface area contributed by atoms with Crippen molar-refractivity contribution < 1.29 is 14.1 Å². The van der Waals surface area contributed by atoms with Crippen LogP contribution in [0, 0.1) is 20.8 Å². The van der Waals surface area contributed by atoms with Crippen LogP contribution in [0.3, 0.4) is 0 Å². The molecule has 5 rings (SSSR count). The van der Waals surface area contributed by atoms with Gasteiger partial charge in [-0.15, -0.1) is 0 Å². The average molecular weight is 520 g/mol. The van der Waals surface area contributed by atoms with Crippen LogP contribution in [0.4, 0.5) is 5.69 Å². The Labute approximate surface area is 226 Å². The van der Waals surface area contributed by atoms with Crippen molar-refractivity contribution in [1.82, 2.24) is 20.0 Å². The summed E-state index contributed by atoms with van der Waals surface area (Å²) >= 11 is 0. The highest BCUT2D eigenvalue weighted by Crippen LogP contribution is 2.29. The van der Waals surface area contributed by atoms with E-state index in [0.717, 1.165) is 33.3 Å². The number of aryl methyl sites for hydroxylation is 3. The number of benzene rings is 2. The summed E-state index contributed by atoms with van der Waals surface area (Å²) in [5.41, 5.74) is 6.67. The Bertz CT molecular complexity index is 1680. The van der Waals surface area contributed by atoms with Gasteiger partial charge in [-0.3, -0.25) is 14.6 Å². The Morgan fingerprint density at radius 3 is 2.44 bits per heavy atom. The fourth-order valence-electron chi connectivity index (χ4n) is 4.58. The van der Waals surface area contributed by atoms with Gasteiger partial charge in [0.1, 0.15) is 0 Å². The normalized spacial score (nSPS) is 11.8. The van der Waals surface area contributed by atoms with Gasteiger partial charge in [0, 0.05) is 47.7 Å². The summed E-state index contributed by atoms with van der Waals surface area (Å²) < 4.78 is 5.32. The van der Waals surface area contributed by atoms with Gasteiger partial charge in [0.15, 0.2) is 5.76 Å². The first-order valence-corrected chi connectivity index (χ1v) is 12.7. The molecule has 0 spiro atoms. The summed E-state index contributed by atoms with van der Waals surface area (Å²) in [4.78, 5) is 37.3. The first-order chi connectivity index (χ1) is 18.7. The van der Waals surface area contributed by atoms with Crippen LogP contribution in [0.5, 0.6) is 0 Å². The predicted molar refractivity (Wildman–Crippen MR) is 151 cm³/mol. The zero-order valence-electron chi connectivity index (χ0n) is 22.5. The minimum absolute atomic E-state index is 0.165. The maximum Gasteiger partial charge on any atom is 0.256 e. The van der Waals surface area contributed by atoms with Gasteiger partial charge in [-0.2, -0.15) is 0 Å². The van der Waals surface area contributed by atoms with E-state index in [9.17, 15) is 9.59 Å². The molecule has 1 unspecified atom stereocenters. The van der Waals surface area contributed by atoms with Gasteiger partial charge in [-0.1, -0.05) is 16.8 Å². The second-order valence-corrected chi connectivity index (χ2v) is 9.77. The lowest BCUT2D eigenvalue weighted by Crippen LogP contribution is -2.29. The van der Waals surface area contributed by atoms with Crippen molar-refractivity contribution in [2.45, 2.75) is 33.7 Å². The number of nitrogens with one attached hydrogen (secondary N) is 1. The Hall–Kier alpha value is -4.85. The van der Waals surface area contributed by atoms with E-state index in [0.29, 0.717) is 28.3 Å². The number of nitrogens with zero attached hydrogens (tertiary/aromatic N) is 4. The lowest BCUT2D eigenvalue weighted by Gasteiger charge is -2.23. The third-order valence-electron chi connectivity index (χ3n) is 6.80. The lowest BCUT2D eigenvalue weighted by atomic mass is 9.99. The van der Waals surface area contributed by atoms with Crippen LogP contribution in [0.25, 0.3) is 22.2 Å². The zero-order chi connectivity index (χ0) is 27.7. The summed E-state index contributed by atoms with van der Waals surface area (Å²) in [5.74, 6) is 0.192. The van der Waals surface area contributed by atoms with E-state index < -0.39 is 0 Å². The molecule has 2 aromatic carbocycles. The number of rotatable bonds is 6. The number of anilines is 1. The second kappa shape index (κ2) is 10.5. The van der Waals surface area contributed by atoms with E-state index in [2.05, 4.69) is 21.5 Å². The molecular formula is C31H29N5O3. The molecule has 0 radical (unpaired) electrons. The predicted octanol–water partition coefficient (Wildman–Crippen LogP) is 6.30. The van der Waals surface area contributed by atoms with E-state index in [1.807, 2.05) is 52.0 Å². The highest BCUT2D eigenvalue weighted by Gasteiger charge is 2.22. The van der Waals surface area contributed by atoms with Gasteiger partial charge < -0.3 is 14.7 Å². The van der Waals surface area contributed by atoms with E-state index in [4.69, 9.17) is 9.51 Å². The molecule has 8 nitrogen and oxygen atoms in total. The van der Waals surface area contributed by atoms with E-state index in [1.54, 1.807) is 54.7 Å². The maximum atomic E-state index is 13.6. The molecule has 0 aliphatic rings. The summed E-state index contributed by atoms with van der Waals surface area (Å²) in [6, 6.07) is 18.0. The van der Waals surface area contributed by atoms with Crippen molar-refractivity contribution in [1.29, 1.82) is 0 Å². The number of carbonyl (C=O) groups excluding carboxylic acids is 2. The molecule has 0 fully saturated rings. The van der Waals surface area contributed by atoms with E-state index >= 15 is 0 Å². The lowest BCUT2D eigenvalue weighted by molar-refractivity contribution is 0.0720. The smallest absolute Gasteiger partial charge is 0.256 e. The molecule has 196 valence electrons. The molecule has 1 N–H and O–H groups in total. The second-order valence-electron chi connectivity index (χ2n) is 9.77. The van der Waals surface area contributed by atoms with Gasteiger partial charge in [0.05, 0.1) is 28.5 Å². The number of pyridine rings is 2. The fourth-order valence-corrected chi connectivity index (χ4v) is 4.58. The Morgan fingerprint density at radius 1 is 1.00 bits per heavy atom. The Kier molecular flexibility index (Phi) is 6.94. The number of fused-ring (bicyclic) bond motifs is 1. The van der Waals surface area contributed by atoms with Crippen LogP contribution in [0.15, 0.2) is 77.6 Å². The van der Waals surface area contributed by atoms with Crippen LogP contribution in [0.1, 0.15) is 56.3 Å². The monoisotopic (exact) mass is 519 g/mol. The molecule has 8 heteroatoms. The largest absolute Gasteiger partial charge is 0.359 e. The van der Waals surface area contributed by atoms with Gasteiger partial charge in [0.25, 0.3) is 11.8 Å². The van der Waals surface area contributed by atoms with Crippen LogP contribution in [-0.2, 0) is 0 Å². The van der Waals surface area contributed by atoms with Gasteiger partial charge in [-0.25, -0.2) is 4.98 Å². The van der Waals surface area contributed by atoms with Crippen molar-refractivity contribution in [2.75, 3.05) is 12.4 Å². The molecule has 1 atom stereocenters. The molecule has 5 aromatic rings. The summed E-state index contributed by atoms with van der Waals surface area (Å²) in [5, 5.41) is 7.67. The van der Waals surface area contributed by atoms with E-state index in [1.165, 1.54) is 0 Å². The van der Waals surface area contributed by atoms with Gasteiger partial charge >= 0.3 is 0 Å². The molecule has 2 amide bonds. The molecule has 0 saturated heterocycles. The first-order valence-electron chi connectivity index (χ1n) is 12.7. The van der Waals surface area contributed by atoms with Gasteiger partial charge in [-0.05, 0) is 81.8 Å².